The fourth-order valence-electron chi connectivity index (χ4n) is 4.45. The lowest BCUT2D eigenvalue weighted by atomic mass is 9.72. The summed E-state index contributed by atoms with van der Waals surface area (Å²) >= 11 is 0. The minimum absolute atomic E-state index is 0.148. The molecule has 30 heavy (non-hydrogen) atoms. The van der Waals surface area contributed by atoms with Gasteiger partial charge in [0.1, 0.15) is 5.92 Å². The zero-order valence-corrected chi connectivity index (χ0v) is 17.4. The number of carbonyl (C=O) groups excluding carboxylic acids is 2. The van der Waals surface area contributed by atoms with E-state index in [1.165, 1.54) is 20.3 Å². The van der Waals surface area contributed by atoms with E-state index in [2.05, 4.69) is 4.90 Å². The van der Waals surface area contributed by atoms with Crippen molar-refractivity contribution in [1.82, 2.24) is 4.90 Å². The van der Waals surface area contributed by atoms with Gasteiger partial charge in [0.05, 0.1) is 19.1 Å². The summed E-state index contributed by atoms with van der Waals surface area (Å²) in [5.41, 5.74) is 1.74. The Morgan fingerprint density at radius 3 is 2.37 bits per heavy atom. The molecule has 1 aliphatic carbocycles. The Kier molecular flexibility index (Phi) is 6.54. The number of esters is 2. The molecule has 3 rings (SSSR count). The number of para-hydroxylation sites is 1. The summed E-state index contributed by atoms with van der Waals surface area (Å²) < 4.78 is 10.1. The molecule has 0 N–H and O–H groups in total. The highest BCUT2D eigenvalue weighted by molar-refractivity contribution is 5.95. The number of hydrogen-bond donors (Lipinski definition) is 0. The molecule has 0 unspecified atom stereocenters. The van der Waals surface area contributed by atoms with Crippen molar-refractivity contribution in [2.75, 3.05) is 27.3 Å². The number of allylic oxidation sites excluding steroid dienone is 2. The maximum absolute atomic E-state index is 13.0. The Bertz CT molecular complexity index is 914. The van der Waals surface area contributed by atoms with E-state index < -0.39 is 28.7 Å². The zero-order valence-electron chi connectivity index (χ0n) is 17.4. The van der Waals surface area contributed by atoms with E-state index in [9.17, 15) is 19.7 Å². The smallest absolute Gasteiger partial charge is 0.334 e. The lowest BCUT2D eigenvalue weighted by Gasteiger charge is -2.40. The van der Waals surface area contributed by atoms with Crippen molar-refractivity contribution in [1.29, 1.82) is 0 Å². The fourth-order valence-corrected chi connectivity index (χ4v) is 4.45. The molecule has 0 saturated carbocycles. The lowest BCUT2D eigenvalue weighted by molar-refractivity contribution is -0.385. The van der Waals surface area contributed by atoms with Crippen molar-refractivity contribution in [3.8, 4) is 0 Å². The van der Waals surface area contributed by atoms with Gasteiger partial charge in [-0.25, -0.2) is 4.79 Å². The molecule has 1 aromatic rings. The van der Waals surface area contributed by atoms with Gasteiger partial charge in [0, 0.05) is 41.9 Å². The first-order chi connectivity index (χ1) is 14.4. The molecule has 1 heterocycles. The van der Waals surface area contributed by atoms with Crippen molar-refractivity contribution < 1.29 is 24.0 Å². The van der Waals surface area contributed by atoms with Gasteiger partial charge in [0.15, 0.2) is 0 Å². The first kappa shape index (κ1) is 21.5. The summed E-state index contributed by atoms with van der Waals surface area (Å²) in [6.07, 6.45) is 4.93. The van der Waals surface area contributed by atoms with Gasteiger partial charge in [-0.15, -0.1) is 0 Å². The summed E-state index contributed by atoms with van der Waals surface area (Å²) in [5.74, 6) is -2.91. The van der Waals surface area contributed by atoms with Crippen LogP contribution in [0.5, 0.6) is 0 Å². The van der Waals surface area contributed by atoms with E-state index in [0.717, 1.165) is 38.0 Å². The van der Waals surface area contributed by atoms with E-state index >= 15 is 0 Å². The van der Waals surface area contributed by atoms with Crippen LogP contribution in [0.15, 0.2) is 47.2 Å². The Labute approximate surface area is 175 Å². The average Bonchev–Trinajstić information content (AvgIpc) is 2.77. The average molecular weight is 414 g/mol. The van der Waals surface area contributed by atoms with Gasteiger partial charge in [0.25, 0.3) is 5.69 Å². The Balaban J connectivity index is 2.26. The van der Waals surface area contributed by atoms with E-state index in [-0.39, 0.29) is 11.3 Å². The van der Waals surface area contributed by atoms with Gasteiger partial charge in [-0.05, 0) is 37.8 Å². The van der Waals surface area contributed by atoms with Crippen molar-refractivity contribution in [3.63, 3.8) is 0 Å². The van der Waals surface area contributed by atoms with Crippen molar-refractivity contribution in [3.05, 3.63) is 62.9 Å². The number of ether oxygens (including phenoxy) is 2. The summed E-state index contributed by atoms with van der Waals surface area (Å²) in [4.78, 5) is 39.1. The fraction of sp³-hybridized carbons (Fsp3) is 0.455. The van der Waals surface area contributed by atoms with Crippen molar-refractivity contribution >= 4 is 17.6 Å². The second-order valence-corrected chi connectivity index (χ2v) is 7.50. The molecule has 1 fully saturated rings. The number of benzene rings is 1. The molecule has 0 aromatic heterocycles. The van der Waals surface area contributed by atoms with Gasteiger partial charge in [-0.3, -0.25) is 14.9 Å². The number of likely N-dealkylation sites (tertiary alicyclic amines) is 1. The van der Waals surface area contributed by atoms with Crippen molar-refractivity contribution in [2.45, 2.75) is 32.1 Å². The first-order valence-corrected chi connectivity index (χ1v) is 9.97. The summed E-state index contributed by atoms with van der Waals surface area (Å²) in [6.45, 7) is 3.33. The van der Waals surface area contributed by atoms with Gasteiger partial charge >= 0.3 is 11.9 Å². The maximum Gasteiger partial charge on any atom is 0.334 e. The van der Waals surface area contributed by atoms with Crippen LogP contribution in [0.1, 0.15) is 37.7 Å². The number of piperidine rings is 1. The van der Waals surface area contributed by atoms with Crippen molar-refractivity contribution in [2.24, 2.45) is 5.92 Å². The minimum Gasteiger partial charge on any atom is -0.468 e. The SMILES string of the molecule is COC(=O)C1=C(C)C=C(N2CCCCC2)[C@H](C(=O)OC)[C@H]1c1ccccc1[N+](=O)[O-]. The normalized spacial score (nSPS) is 21.7. The molecule has 1 aromatic carbocycles. The predicted octanol–water partition coefficient (Wildman–Crippen LogP) is 3.34. The summed E-state index contributed by atoms with van der Waals surface area (Å²) in [7, 11) is 2.55. The molecule has 0 amide bonds. The maximum atomic E-state index is 13.0. The van der Waals surface area contributed by atoms with Crippen LogP contribution in [0.4, 0.5) is 5.69 Å². The number of methoxy groups -OCH3 is 2. The lowest BCUT2D eigenvalue weighted by Crippen LogP contribution is -2.41. The van der Waals surface area contributed by atoms with Gasteiger partial charge in [-0.2, -0.15) is 0 Å². The predicted molar refractivity (Wildman–Crippen MR) is 110 cm³/mol. The molecular formula is C22H26N2O6. The van der Waals surface area contributed by atoms with Crippen LogP contribution in [0.2, 0.25) is 0 Å². The van der Waals surface area contributed by atoms with Crippen LogP contribution in [0.25, 0.3) is 0 Å². The highest BCUT2D eigenvalue weighted by atomic mass is 16.6. The molecule has 2 aliphatic rings. The molecule has 1 saturated heterocycles. The second-order valence-electron chi connectivity index (χ2n) is 7.50. The number of nitrogens with zero attached hydrogens (tertiary/aromatic N) is 2. The number of nitro groups is 1. The second kappa shape index (κ2) is 9.11. The number of hydrogen-bond acceptors (Lipinski definition) is 7. The van der Waals surface area contributed by atoms with E-state index in [1.54, 1.807) is 25.1 Å². The molecule has 8 heteroatoms. The Hall–Kier alpha value is -3.16. The van der Waals surface area contributed by atoms with Crippen LogP contribution in [0.3, 0.4) is 0 Å². The van der Waals surface area contributed by atoms with Gasteiger partial charge < -0.3 is 14.4 Å². The van der Waals surface area contributed by atoms with Gasteiger partial charge in [0.2, 0.25) is 0 Å². The monoisotopic (exact) mass is 414 g/mol. The first-order valence-electron chi connectivity index (χ1n) is 9.97. The molecule has 0 spiro atoms. The van der Waals surface area contributed by atoms with Crippen LogP contribution in [-0.4, -0.2) is 49.1 Å². The third-order valence-corrected chi connectivity index (χ3v) is 5.80. The van der Waals surface area contributed by atoms with E-state index in [4.69, 9.17) is 9.47 Å². The van der Waals surface area contributed by atoms with E-state index in [1.807, 2.05) is 6.08 Å². The quantitative estimate of drug-likeness (QED) is 0.414. The molecule has 0 radical (unpaired) electrons. The molecule has 1 aliphatic heterocycles. The number of rotatable bonds is 5. The molecular weight excluding hydrogens is 388 g/mol. The highest BCUT2D eigenvalue weighted by Crippen LogP contribution is 2.46. The molecule has 8 nitrogen and oxygen atoms in total. The Morgan fingerprint density at radius 2 is 1.77 bits per heavy atom. The largest absolute Gasteiger partial charge is 0.468 e. The molecule has 2 atom stereocenters. The molecule has 160 valence electrons. The third-order valence-electron chi connectivity index (χ3n) is 5.80. The number of nitro benzene ring substituents is 1. The minimum atomic E-state index is -0.882. The van der Waals surface area contributed by atoms with Crippen LogP contribution in [-0.2, 0) is 19.1 Å². The zero-order chi connectivity index (χ0) is 21.8. The van der Waals surface area contributed by atoms with E-state index in [0.29, 0.717) is 11.1 Å². The summed E-state index contributed by atoms with van der Waals surface area (Å²) in [5, 5.41) is 11.8. The van der Waals surface area contributed by atoms with Crippen LogP contribution >= 0.6 is 0 Å². The standard InChI is InChI=1S/C22H26N2O6/c1-14-13-17(23-11-7-4-8-12-23)20(22(26)30-3)19(18(14)21(25)29-2)15-9-5-6-10-16(15)24(27)28/h5-6,9-10,13,19-20H,4,7-8,11-12H2,1-3H3/t19-,20-/m0/s1. The Morgan fingerprint density at radius 1 is 1.10 bits per heavy atom. The highest BCUT2D eigenvalue weighted by Gasteiger charge is 2.46. The third kappa shape index (κ3) is 3.94. The summed E-state index contributed by atoms with van der Waals surface area (Å²) in [6, 6.07) is 6.20. The number of carbonyl (C=O) groups is 2. The topological polar surface area (TPSA) is 99.0 Å². The van der Waals surface area contributed by atoms with Crippen LogP contribution < -0.4 is 0 Å². The van der Waals surface area contributed by atoms with Crippen LogP contribution in [0, 0.1) is 16.0 Å². The van der Waals surface area contributed by atoms with Gasteiger partial charge in [-0.1, -0.05) is 18.2 Å². The molecule has 0 bridgehead atoms.